The molecule has 2 fully saturated rings. The maximum absolute atomic E-state index is 11.7. The summed E-state index contributed by atoms with van der Waals surface area (Å²) >= 11 is 1.97. The molecule has 1 spiro atoms. The molecule has 1 aliphatic heterocycles. The molecule has 35 heavy (non-hydrogen) atoms. The Bertz CT molecular complexity index is 1430. The summed E-state index contributed by atoms with van der Waals surface area (Å²) in [6.07, 6.45) is 8.77. The summed E-state index contributed by atoms with van der Waals surface area (Å²) in [6.45, 7) is 13.5. The van der Waals surface area contributed by atoms with Crippen LogP contribution in [0, 0.1) is 19.3 Å². The van der Waals surface area contributed by atoms with E-state index >= 15 is 0 Å². The van der Waals surface area contributed by atoms with Gasteiger partial charge in [0.15, 0.2) is 5.65 Å². The molecule has 1 aliphatic carbocycles. The normalized spacial score (nSPS) is 23.1. The molecule has 0 atom stereocenters. The second-order valence-corrected chi connectivity index (χ2v) is 12.5. The van der Waals surface area contributed by atoms with E-state index in [4.69, 9.17) is 0 Å². The molecule has 0 radical (unpaired) electrons. The van der Waals surface area contributed by atoms with Gasteiger partial charge in [-0.1, -0.05) is 13.8 Å². The summed E-state index contributed by atoms with van der Waals surface area (Å²) in [4.78, 5) is 25.1. The van der Waals surface area contributed by atoms with Crippen molar-refractivity contribution in [1.29, 1.82) is 0 Å². The number of aromatic amines is 1. The van der Waals surface area contributed by atoms with Crippen LogP contribution in [0.1, 0.15) is 79.9 Å². The molecule has 0 bridgehead atoms. The van der Waals surface area contributed by atoms with Gasteiger partial charge in [-0.15, -0.1) is 11.3 Å². The van der Waals surface area contributed by atoms with Crippen molar-refractivity contribution in [1.82, 2.24) is 24.5 Å². The van der Waals surface area contributed by atoms with Crippen LogP contribution in [0.2, 0.25) is 0 Å². The van der Waals surface area contributed by atoms with E-state index in [2.05, 4.69) is 59.9 Å². The van der Waals surface area contributed by atoms with Crippen LogP contribution in [0.5, 0.6) is 0 Å². The lowest BCUT2D eigenvalue weighted by molar-refractivity contribution is -0.119. The van der Waals surface area contributed by atoms with E-state index in [1.807, 2.05) is 15.9 Å². The quantitative estimate of drug-likeness (QED) is 0.361. The fourth-order valence-corrected chi connectivity index (χ4v) is 8.27. The maximum Gasteiger partial charge on any atom is 0.158 e. The Morgan fingerprint density at radius 2 is 2.11 bits per heavy atom. The number of thiophene rings is 1. The first kappa shape index (κ1) is 22.9. The molecule has 1 saturated carbocycles. The number of ketones is 1. The summed E-state index contributed by atoms with van der Waals surface area (Å²) in [5.74, 6) is 1.35. The average Bonchev–Trinajstić information content (AvgIpc) is 3.46. The number of hydrogen-bond acceptors (Lipinski definition) is 5. The van der Waals surface area contributed by atoms with Gasteiger partial charge in [0.1, 0.15) is 16.9 Å². The molecule has 184 valence electrons. The minimum Gasteiger partial charge on any atom is -0.346 e. The predicted octanol–water partition coefficient (Wildman–Crippen LogP) is 6.23. The molecule has 6 nitrogen and oxygen atoms in total. The SMILES string of the molecule is CC(=O)CN1CCCC2(CC(c3sc4[nH]c(-c5cc(C)c6ncnn6c5)c(C(C)C)c4c3C)C2)C1. The van der Waals surface area contributed by atoms with Gasteiger partial charge in [-0.2, -0.15) is 5.10 Å². The van der Waals surface area contributed by atoms with Gasteiger partial charge in [-0.05, 0) is 93.0 Å². The second-order valence-electron chi connectivity index (χ2n) is 11.4. The van der Waals surface area contributed by atoms with Gasteiger partial charge in [0.05, 0.1) is 12.2 Å². The second kappa shape index (κ2) is 8.27. The van der Waals surface area contributed by atoms with Crippen molar-refractivity contribution in [3.63, 3.8) is 0 Å². The van der Waals surface area contributed by atoms with E-state index in [0.717, 1.165) is 24.3 Å². The van der Waals surface area contributed by atoms with Crippen molar-refractivity contribution < 1.29 is 4.79 Å². The van der Waals surface area contributed by atoms with Crippen LogP contribution < -0.4 is 0 Å². The number of aromatic nitrogens is 4. The number of likely N-dealkylation sites (tertiary alicyclic amines) is 1. The predicted molar refractivity (Wildman–Crippen MR) is 142 cm³/mol. The molecule has 0 amide bonds. The number of pyridine rings is 1. The monoisotopic (exact) mass is 489 g/mol. The molecule has 7 heteroatoms. The zero-order valence-electron chi connectivity index (χ0n) is 21.4. The molecule has 4 aromatic rings. The molecular weight excluding hydrogens is 454 g/mol. The Morgan fingerprint density at radius 1 is 1.31 bits per heavy atom. The first-order valence-corrected chi connectivity index (χ1v) is 13.7. The number of nitrogens with zero attached hydrogens (tertiary/aromatic N) is 4. The number of carbonyl (C=O) groups is 1. The van der Waals surface area contributed by atoms with Crippen LogP contribution in [0.4, 0.5) is 0 Å². The van der Waals surface area contributed by atoms with Crippen LogP contribution >= 0.6 is 11.3 Å². The Labute approximate surface area is 210 Å². The Hall–Kier alpha value is -2.51. The number of H-pyrrole nitrogens is 1. The van der Waals surface area contributed by atoms with Crippen LogP contribution in [0.3, 0.4) is 0 Å². The highest BCUT2D eigenvalue weighted by molar-refractivity contribution is 7.19. The molecule has 4 aromatic heterocycles. The summed E-state index contributed by atoms with van der Waals surface area (Å²) in [6, 6.07) is 2.23. The maximum atomic E-state index is 11.7. The van der Waals surface area contributed by atoms with Crippen molar-refractivity contribution in [3.05, 3.63) is 40.2 Å². The van der Waals surface area contributed by atoms with Crippen molar-refractivity contribution in [2.75, 3.05) is 19.6 Å². The van der Waals surface area contributed by atoms with E-state index in [1.165, 1.54) is 58.3 Å². The average molecular weight is 490 g/mol. The van der Waals surface area contributed by atoms with Crippen molar-refractivity contribution >= 4 is 33.0 Å². The third-order valence-electron chi connectivity index (χ3n) is 8.30. The fraction of sp³-hybridized carbons (Fsp3) is 0.536. The van der Waals surface area contributed by atoms with E-state index in [-0.39, 0.29) is 5.78 Å². The van der Waals surface area contributed by atoms with Crippen molar-refractivity contribution in [3.8, 4) is 11.3 Å². The van der Waals surface area contributed by atoms with Crippen LogP contribution in [0.25, 0.3) is 27.1 Å². The highest BCUT2D eigenvalue weighted by Gasteiger charge is 2.48. The summed E-state index contributed by atoms with van der Waals surface area (Å²) < 4.78 is 1.88. The van der Waals surface area contributed by atoms with E-state index < -0.39 is 0 Å². The first-order chi connectivity index (χ1) is 16.7. The number of carbonyl (C=O) groups excluding carboxylic acids is 1. The third kappa shape index (κ3) is 3.75. The highest BCUT2D eigenvalue weighted by Crippen LogP contribution is 2.58. The molecular formula is C28H35N5OS. The summed E-state index contributed by atoms with van der Waals surface area (Å²) in [7, 11) is 0. The van der Waals surface area contributed by atoms with Crippen molar-refractivity contribution in [2.24, 2.45) is 5.41 Å². The van der Waals surface area contributed by atoms with Gasteiger partial charge >= 0.3 is 0 Å². The molecule has 2 aliphatic rings. The largest absolute Gasteiger partial charge is 0.346 e. The van der Waals surface area contributed by atoms with Gasteiger partial charge in [0.2, 0.25) is 0 Å². The number of rotatable bonds is 5. The molecule has 0 unspecified atom stereocenters. The van der Waals surface area contributed by atoms with Gasteiger partial charge in [0.25, 0.3) is 0 Å². The van der Waals surface area contributed by atoms with Gasteiger partial charge < -0.3 is 4.98 Å². The Balaban J connectivity index is 1.33. The minimum atomic E-state index is 0.288. The Kier molecular flexibility index (Phi) is 5.42. The minimum absolute atomic E-state index is 0.288. The van der Waals surface area contributed by atoms with E-state index in [1.54, 1.807) is 18.1 Å². The lowest BCUT2D eigenvalue weighted by Gasteiger charge is -2.53. The van der Waals surface area contributed by atoms with Gasteiger partial charge in [-0.25, -0.2) is 9.50 Å². The number of fused-ring (bicyclic) bond motifs is 2. The third-order valence-corrected chi connectivity index (χ3v) is 9.67. The fourth-order valence-electron chi connectivity index (χ4n) is 6.94. The van der Waals surface area contributed by atoms with Gasteiger partial charge in [0, 0.05) is 28.6 Å². The highest BCUT2D eigenvalue weighted by atomic mass is 32.1. The van der Waals surface area contributed by atoms with Crippen LogP contribution in [0.15, 0.2) is 18.6 Å². The molecule has 1 N–H and O–H groups in total. The number of hydrogen-bond donors (Lipinski definition) is 1. The van der Waals surface area contributed by atoms with Gasteiger partial charge in [-0.3, -0.25) is 9.69 Å². The number of nitrogens with one attached hydrogen (secondary N) is 1. The zero-order chi connectivity index (χ0) is 24.5. The number of aryl methyl sites for hydroxylation is 2. The topological polar surface area (TPSA) is 66.3 Å². The van der Waals surface area contributed by atoms with Crippen LogP contribution in [-0.2, 0) is 4.79 Å². The van der Waals surface area contributed by atoms with Crippen molar-refractivity contribution in [2.45, 2.75) is 72.1 Å². The van der Waals surface area contributed by atoms with E-state index in [0.29, 0.717) is 23.8 Å². The molecule has 1 saturated heterocycles. The Morgan fingerprint density at radius 3 is 2.86 bits per heavy atom. The molecule has 0 aromatic carbocycles. The number of Topliss-reactive ketones (excluding diaryl/α,β-unsaturated/α-hetero) is 1. The summed E-state index contributed by atoms with van der Waals surface area (Å²) in [5, 5.41) is 5.82. The number of piperidine rings is 1. The zero-order valence-corrected chi connectivity index (χ0v) is 22.3. The van der Waals surface area contributed by atoms with E-state index in [9.17, 15) is 4.79 Å². The lowest BCUT2D eigenvalue weighted by Crippen LogP contribution is -2.50. The molecule has 5 heterocycles. The molecule has 6 rings (SSSR count). The smallest absolute Gasteiger partial charge is 0.158 e. The summed E-state index contributed by atoms with van der Waals surface area (Å²) in [5.41, 5.74) is 7.73. The lowest BCUT2D eigenvalue weighted by atomic mass is 9.58. The van der Waals surface area contributed by atoms with Crippen LogP contribution in [-0.4, -0.2) is 49.9 Å². The first-order valence-electron chi connectivity index (χ1n) is 12.9. The standard InChI is InChI=1S/C28H35N5OS/c1-16(2)22-23-19(5)25(21-10-28(11-21)7-6-8-32(14-28)12-18(4)34)35-27(23)31-24(22)20-9-17(3)26-29-15-30-33(26)13-20/h9,13,15-16,21,31H,6-8,10-12,14H2,1-5H3.